The van der Waals surface area contributed by atoms with Crippen LogP contribution in [0.4, 0.5) is 0 Å². The fourth-order valence-electron chi connectivity index (χ4n) is 1.41. The van der Waals surface area contributed by atoms with E-state index in [0.29, 0.717) is 6.61 Å². The Morgan fingerprint density at radius 1 is 1.50 bits per heavy atom. The van der Waals surface area contributed by atoms with Crippen LogP contribution in [0.25, 0.3) is 0 Å². The summed E-state index contributed by atoms with van der Waals surface area (Å²) in [6, 6.07) is 5.61. The van der Waals surface area contributed by atoms with Crippen molar-refractivity contribution in [3.8, 4) is 5.75 Å². The molecule has 0 aromatic heterocycles. The second-order valence-corrected chi connectivity index (χ2v) is 4.26. The van der Waals surface area contributed by atoms with Crippen LogP contribution >= 0.6 is 15.9 Å². The fourth-order valence-corrected chi connectivity index (χ4v) is 1.83. The molecule has 0 saturated heterocycles. The Morgan fingerprint density at radius 2 is 2.19 bits per heavy atom. The molecule has 0 spiro atoms. The molecule has 0 saturated carbocycles. The minimum atomic E-state index is -0.419. The number of benzene rings is 1. The lowest BCUT2D eigenvalue weighted by atomic mass is 10.1. The first-order valence-corrected chi connectivity index (χ1v) is 5.97. The van der Waals surface area contributed by atoms with E-state index >= 15 is 0 Å². The third-order valence-electron chi connectivity index (χ3n) is 2.21. The van der Waals surface area contributed by atoms with E-state index in [1.165, 1.54) is 0 Å². The summed E-state index contributed by atoms with van der Waals surface area (Å²) in [6.45, 7) is 4.11. The number of hydrogen-bond donors (Lipinski definition) is 0. The van der Waals surface area contributed by atoms with Gasteiger partial charge in [-0.15, -0.1) is 0 Å². The van der Waals surface area contributed by atoms with Crippen molar-refractivity contribution in [1.82, 2.24) is 0 Å². The van der Waals surface area contributed by atoms with Gasteiger partial charge in [0.05, 0.1) is 13.7 Å². The molecule has 0 radical (unpaired) electrons. The summed E-state index contributed by atoms with van der Waals surface area (Å²) in [5.41, 5.74) is 1.87. The molecule has 16 heavy (non-hydrogen) atoms. The lowest BCUT2D eigenvalue weighted by molar-refractivity contribution is -0.142. The van der Waals surface area contributed by atoms with Crippen LogP contribution in [0.15, 0.2) is 18.2 Å². The van der Waals surface area contributed by atoms with Crippen molar-refractivity contribution in [3.63, 3.8) is 0 Å². The van der Waals surface area contributed by atoms with Crippen LogP contribution < -0.4 is 4.74 Å². The first-order chi connectivity index (χ1) is 7.60. The molecule has 4 heteroatoms. The Balaban J connectivity index is 2.88. The summed E-state index contributed by atoms with van der Waals surface area (Å²) in [5.74, 6) is 0.541. The number of rotatable bonds is 4. The summed E-state index contributed by atoms with van der Waals surface area (Å²) in [4.78, 5) is 11.1. The maximum atomic E-state index is 11.5. The summed E-state index contributed by atoms with van der Waals surface area (Å²) in [5, 5.41) is 0. The van der Waals surface area contributed by atoms with Gasteiger partial charge in [-0.25, -0.2) is 0 Å². The summed E-state index contributed by atoms with van der Waals surface area (Å²) in [6.07, 6.45) is 0. The largest absolute Gasteiger partial charge is 0.496 e. The quantitative estimate of drug-likeness (QED) is 0.631. The molecule has 0 fully saturated rings. The third-order valence-corrected chi connectivity index (χ3v) is 3.11. The van der Waals surface area contributed by atoms with Gasteiger partial charge in [0.2, 0.25) is 0 Å². The first kappa shape index (κ1) is 13.0. The number of halogens is 1. The zero-order valence-electron chi connectivity index (χ0n) is 9.62. The molecule has 1 rings (SSSR count). The lowest BCUT2D eigenvalue weighted by Gasteiger charge is -2.11. The summed E-state index contributed by atoms with van der Waals surface area (Å²) >= 11 is 3.32. The Labute approximate surface area is 104 Å². The predicted molar refractivity (Wildman–Crippen MR) is 66.0 cm³/mol. The van der Waals surface area contributed by atoms with Crippen LogP contribution in [0.2, 0.25) is 0 Å². The van der Waals surface area contributed by atoms with Crippen molar-refractivity contribution < 1.29 is 14.3 Å². The molecule has 0 amide bonds. The van der Waals surface area contributed by atoms with Gasteiger partial charge < -0.3 is 9.47 Å². The fraction of sp³-hybridized carbons (Fsp3) is 0.417. The minimum absolute atomic E-state index is 0.271. The Bertz CT molecular complexity index is 377. The summed E-state index contributed by atoms with van der Waals surface area (Å²) < 4.78 is 10.1. The van der Waals surface area contributed by atoms with Crippen LogP contribution in [-0.2, 0) is 9.53 Å². The lowest BCUT2D eigenvalue weighted by Crippen LogP contribution is -2.10. The van der Waals surface area contributed by atoms with E-state index in [0.717, 1.165) is 16.9 Å². The zero-order chi connectivity index (χ0) is 12.1. The van der Waals surface area contributed by atoms with Gasteiger partial charge in [-0.3, -0.25) is 4.79 Å². The molecule has 0 N–H and O–H groups in total. The number of aryl methyl sites for hydroxylation is 1. The number of ether oxygens (including phenoxy) is 2. The van der Waals surface area contributed by atoms with Gasteiger partial charge in [0.1, 0.15) is 10.6 Å². The third kappa shape index (κ3) is 2.98. The van der Waals surface area contributed by atoms with Crippen molar-refractivity contribution in [2.75, 3.05) is 13.7 Å². The highest BCUT2D eigenvalue weighted by atomic mass is 79.9. The molecule has 0 heterocycles. The predicted octanol–water partition coefficient (Wildman–Crippen LogP) is 3.00. The molecule has 88 valence electrons. The van der Waals surface area contributed by atoms with E-state index in [4.69, 9.17) is 9.47 Å². The van der Waals surface area contributed by atoms with Crippen LogP contribution in [0.1, 0.15) is 22.9 Å². The second kappa shape index (κ2) is 5.89. The van der Waals surface area contributed by atoms with Crippen LogP contribution in [0.5, 0.6) is 5.75 Å². The van der Waals surface area contributed by atoms with E-state index in [-0.39, 0.29) is 5.97 Å². The Kier molecular flexibility index (Phi) is 4.80. The van der Waals surface area contributed by atoms with Gasteiger partial charge in [-0.05, 0) is 31.0 Å². The molecule has 0 aliphatic heterocycles. The van der Waals surface area contributed by atoms with Crippen LogP contribution in [0.3, 0.4) is 0 Å². The van der Waals surface area contributed by atoms with Crippen molar-refractivity contribution in [2.45, 2.75) is 18.7 Å². The second-order valence-electron chi connectivity index (χ2n) is 3.34. The molecular weight excluding hydrogens is 272 g/mol. The SMILES string of the molecule is CCOC(=O)C(Br)c1ccc(OC)c(C)c1. The Hall–Kier alpha value is -1.03. The van der Waals surface area contributed by atoms with Gasteiger partial charge in [0, 0.05) is 0 Å². The number of carbonyl (C=O) groups excluding carboxylic acids is 1. The van der Waals surface area contributed by atoms with Crippen molar-refractivity contribution in [3.05, 3.63) is 29.3 Å². The van der Waals surface area contributed by atoms with Crippen LogP contribution in [-0.4, -0.2) is 19.7 Å². The molecular formula is C12H15BrO3. The molecule has 1 aromatic rings. The number of alkyl halides is 1. The number of methoxy groups -OCH3 is 1. The molecule has 0 aliphatic rings. The van der Waals surface area contributed by atoms with Gasteiger partial charge in [0.25, 0.3) is 0 Å². The maximum Gasteiger partial charge on any atom is 0.324 e. The number of esters is 1. The standard InChI is InChI=1S/C12H15BrO3/c1-4-16-12(14)11(13)9-5-6-10(15-3)8(2)7-9/h5-7,11H,4H2,1-3H3. The number of hydrogen-bond acceptors (Lipinski definition) is 3. The molecule has 1 unspecified atom stereocenters. The normalized spacial score (nSPS) is 12.0. The monoisotopic (exact) mass is 286 g/mol. The van der Waals surface area contributed by atoms with Gasteiger partial charge >= 0.3 is 5.97 Å². The van der Waals surface area contributed by atoms with Gasteiger partial charge in [-0.1, -0.05) is 28.1 Å². The topological polar surface area (TPSA) is 35.5 Å². The van der Waals surface area contributed by atoms with E-state index in [1.54, 1.807) is 14.0 Å². The first-order valence-electron chi connectivity index (χ1n) is 5.05. The van der Waals surface area contributed by atoms with Crippen molar-refractivity contribution >= 4 is 21.9 Å². The van der Waals surface area contributed by atoms with Crippen LogP contribution in [0, 0.1) is 6.92 Å². The molecule has 3 nitrogen and oxygen atoms in total. The van der Waals surface area contributed by atoms with Crippen molar-refractivity contribution in [1.29, 1.82) is 0 Å². The molecule has 1 aromatic carbocycles. The Morgan fingerprint density at radius 3 is 2.69 bits per heavy atom. The highest BCUT2D eigenvalue weighted by molar-refractivity contribution is 9.09. The van der Waals surface area contributed by atoms with E-state index in [9.17, 15) is 4.79 Å². The average Bonchev–Trinajstić information content (AvgIpc) is 2.28. The van der Waals surface area contributed by atoms with Gasteiger partial charge in [-0.2, -0.15) is 0 Å². The minimum Gasteiger partial charge on any atom is -0.496 e. The zero-order valence-corrected chi connectivity index (χ0v) is 11.2. The highest BCUT2D eigenvalue weighted by Crippen LogP contribution is 2.28. The summed E-state index contributed by atoms with van der Waals surface area (Å²) in [7, 11) is 1.62. The van der Waals surface area contributed by atoms with E-state index < -0.39 is 4.83 Å². The molecule has 1 atom stereocenters. The average molecular weight is 287 g/mol. The maximum absolute atomic E-state index is 11.5. The number of carbonyl (C=O) groups is 1. The van der Waals surface area contributed by atoms with E-state index in [2.05, 4.69) is 15.9 Å². The van der Waals surface area contributed by atoms with E-state index in [1.807, 2.05) is 25.1 Å². The smallest absolute Gasteiger partial charge is 0.324 e. The van der Waals surface area contributed by atoms with Crippen molar-refractivity contribution in [2.24, 2.45) is 0 Å². The molecule has 0 aliphatic carbocycles. The highest BCUT2D eigenvalue weighted by Gasteiger charge is 2.18. The molecule has 0 bridgehead atoms. The van der Waals surface area contributed by atoms with Gasteiger partial charge in [0.15, 0.2) is 0 Å².